The van der Waals surface area contributed by atoms with Crippen molar-refractivity contribution in [1.82, 2.24) is 5.32 Å². The van der Waals surface area contributed by atoms with Crippen molar-refractivity contribution in [1.29, 1.82) is 0 Å². The normalized spacial score (nSPS) is 12.6. The fourth-order valence-corrected chi connectivity index (χ4v) is 2.48. The minimum absolute atomic E-state index is 0.131. The van der Waals surface area contributed by atoms with E-state index in [9.17, 15) is 9.59 Å². The van der Waals surface area contributed by atoms with Crippen LogP contribution in [0.4, 0.5) is 0 Å². The van der Waals surface area contributed by atoms with Gasteiger partial charge in [0.05, 0.1) is 12.7 Å². The van der Waals surface area contributed by atoms with Gasteiger partial charge in [-0.3, -0.25) is 9.59 Å². The Morgan fingerprint density at radius 3 is 2.79 bits per heavy atom. The summed E-state index contributed by atoms with van der Waals surface area (Å²) in [6.07, 6.45) is 5.32. The molecule has 0 unspecified atom stereocenters. The zero-order chi connectivity index (χ0) is 17.4. The molecule has 1 aromatic carbocycles. The number of carboxylic acids is 1. The first-order valence-electron chi connectivity index (χ1n) is 8.11. The number of unbranched alkanes of at least 4 members (excludes halogenated alkanes) is 3. The van der Waals surface area contributed by atoms with Gasteiger partial charge < -0.3 is 19.9 Å². The van der Waals surface area contributed by atoms with Crippen LogP contribution in [0.15, 0.2) is 23.8 Å². The molecule has 0 atom stereocenters. The molecule has 1 aromatic rings. The molecule has 1 heterocycles. The van der Waals surface area contributed by atoms with Crippen LogP contribution in [0.1, 0.15) is 37.7 Å². The van der Waals surface area contributed by atoms with Gasteiger partial charge in [-0.05, 0) is 37.1 Å². The summed E-state index contributed by atoms with van der Waals surface area (Å²) in [5.41, 5.74) is 1.42. The molecule has 6 nitrogen and oxygen atoms in total. The highest BCUT2D eigenvalue weighted by atomic mass is 16.5. The number of amides is 1. The van der Waals surface area contributed by atoms with Crippen LogP contribution in [0, 0.1) is 0 Å². The number of nitrogens with one attached hydrogen (secondary N) is 1. The summed E-state index contributed by atoms with van der Waals surface area (Å²) in [4.78, 5) is 22.6. The maximum atomic E-state index is 12.2. The van der Waals surface area contributed by atoms with Crippen molar-refractivity contribution < 1.29 is 24.2 Å². The number of rotatable bonds is 9. The molecule has 1 amide bonds. The quantitative estimate of drug-likeness (QED) is 0.679. The predicted octanol–water partition coefficient (Wildman–Crippen LogP) is 2.62. The molecule has 0 aliphatic carbocycles. The lowest BCUT2D eigenvalue weighted by Crippen LogP contribution is -2.29. The first-order chi connectivity index (χ1) is 11.6. The Morgan fingerprint density at radius 1 is 1.25 bits per heavy atom. The number of carbonyl (C=O) groups is 2. The first-order valence-corrected chi connectivity index (χ1v) is 8.11. The van der Waals surface area contributed by atoms with Crippen LogP contribution < -0.4 is 14.8 Å². The summed E-state index contributed by atoms with van der Waals surface area (Å²) in [6, 6.07) is 5.49. The van der Waals surface area contributed by atoms with Crippen molar-refractivity contribution in [3.8, 4) is 11.5 Å². The molecule has 24 heavy (non-hydrogen) atoms. The fraction of sp³-hybridized carbons (Fsp3) is 0.444. The van der Waals surface area contributed by atoms with Crippen molar-refractivity contribution in [2.24, 2.45) is 0 Å². The minimum Gasteiger partial charge on any atom is -0.497 e. The van der Waals surface area contributed by atoms with E-state index in [-0.39, 0.29) is 18.9 Å². The van der Waals surface area contributed by atoms with E-state index in [4.69, 9.17) is 14.6 Å². The number of hydrogen-bond acceptors (Lipinski definition) is 4. The smallest absolute Gasteiger partial charge is 0.303 e. The summed E-state index contributed by atoms with van der Waals surface area (Å²) >= 11 is 0. The third-order valence-electron chi connectivity index (χ3n) is 3.82. The van der Waals surface area contributed by atoms with Gasteiger partial charge in [0.2, 0.25) is 0 Å². The van der Waals surface area contributed by atoms with Gasteiger partial charge in [0.25, 0.3) is 5.91 Å². The van der Waals surface area contributed by atoms with Crippen LogP contribution in [0.25, 0.3) is 6.08 Å². The van der Waals surface area contributed by atoms with E-state index >= 15 is 0 Å². The summed E-state index contributed by atoms with van der Waals surface area (Å²) in [7, 11) is 1.60. The monoisotopic (exact) mass is 333 g/mol. The lowest BCUT2D eigenvalue weighted by Gasteiger charge is -2.18. The topological polar surface area (TPSA) is 84.9 Å². The highest BCUT2D eigenvalue weighted by Gasteiger charge is 2.17. The number of benzene rings is 1. The molecule has 0 saturated carbocycles. The summed E-state index contributed by atoms with van der Waals surface area (Å²) in [6.45, 7) is 0.831. The van der Waals surface area contributed by atoms with Gasteiger partial charge in [-0.25, -0.2) is 0 Å². The average Bonchev–Trinajstić information content (AvgIpc) is 2.59. The van der Waals surface area contributed by atoms with Crippen LogP contribution >= 0.6 is 0 Å². The standard InChI is InChI=1S/C18H23NO5/c1-23-15-7-8-16-13(11-15)10-14(12-24-16)18(22)19-9-5-3-2-4-6-17(20)21/h7-8,10-11H,2-6,9,12H2,1H3,(H,19,22)(H,20,21). The van der Waals surface area contributed by atoms with Crippen LogP contribution in [-0.2, 0) is 9.59 Å². The molecule has 2 rings (SSSR count). The van der Waals surface area contributed by atoms with Crippen molar-refractivity contribution >= 4 is 18.0 Å². The van der Waals surface area contributed by atoms with E-state index < -0.39 is 5.97 Å². The molecule has 6 heteroatoms. The van der Waals surface area contributed by atoms with Gasteiger partial charge in [0, 0.05) is 18.5 Å². The van der Waals surface area contributed by atoms with Crippen LogP contribution in [-0.4, -0.2) is 37.2 Å². The number of ether oxygens (including phenoxy) is 2. The van der Waals surface area contributed by atoms with Crippen LogP contribution in [0.2, 0.25) is 0 Å². The number of carbonyl (C=O) groups excluding carboxylic acids is 1. The highest BCUT2D eigenvalue weighted by Crippen LogP contribution is 2.29. The lowest BCUT2D eigenvalue weighted by atomic mass is 10.1. The van der Waals surface area contributed by atoms with Crippen molar-refractivity contribution in [3.05, 3.63) is 29.3 Å². The highest BCUT2D eigenvalue weighted by molar-refractivity contribution is 5.99. The molecule has 1 aliphatic heterocycles. The first kappa shape index (κ1) is 17.8. The number of aliphatic carboxylic acids is 1. The van der Waals surface area contributed by atoms with Gasteiger partial charge in [0.15, 0.2) is 0 Å². The number of fused-ring (bicyclic) bond motifs is 1. The van der Waals surface area contributed by atoms with E-state index in [0.29, 0.717) is 18.5 Å². The van der Waals surface area contributed by atoms with Gasteiger partial charge in [-0.15, -0.1) is 0 Å². The molecule has 0 fully saturated rings. The Kier molecular flexibility index (Phi) is 6.66. The van der Waals surface area contributed by atoms with Crippen molar-refractivity contribution in [3.63, 3.8) is 0 Å². The van der Waals surface area contributed by atoms with Gasteiger partial charge in [-0.2, -0.15) is 0 Å². The molecule has 0 bridgehead atoms. The molecular formula is C18H23NO5. The van der Waals surface area contributed by atoms with Crippen molar-refractivity contribution in [2.45, 2.75) is 32.1 Å². The zero-order valence-corrected chi connectivity index (χ0v) is 13.8. The molecule has 2 N–H and O–H groups in total. The molecule has 0 saturated heterocycles. The Balaban J connectivity index is 1.76. The Hall–Kier alpha value is -2.50. The number of methoxy groups -OCH3 is 1. The van der Waals surface area contributed by atoms with E-state index in [1.807, 2.05) is 24.3 Å². The number of carboxylic acid groups (broad SMARTS) is 1. The third-order valence-corrected chi connectivity index (χ3v) is 3.82. The Morgan fingerprint density at radius 2 is 2.04 bits per heavy atom. The SMILES string of the molecule is COc1ccc2c(c1)C=C(C(=O)NCCCCCCC(=O)O)CO2. The summed E-state index contributed by atoms with van der Waals surface area (Å²) in [5, 5.41) is 11.4. The van der Waals surface area contributed by atoms with E-state index in [2.05, 4.69) is 5.32 Å². The predicted molar refractivity (Wildman–Crippen MR) is 90.2 cm³/mol. The van der Waals surface area contributed by atoms with Gasteiger partial charge >= 0.3 is 5.97 Å². The molecule has 1 aliphatic rings. The van der Waals surface area contributed by atoms with E-state index in [0.717, 1.165) is 36.3 Å². The van der Waals surface area contributed by atoms with E-state index in [1.54, 1.807) is 7.11 Å². The van der Waals surface area contributed by atoms with Crippen LogP contribution in [0.5, 0.6) is 11.5 Å². The molecular weight excluding hydrogens is 310 g/mol. The Labute approximate surface area is 141 Å². The van der Waals surface area contributed by atoms with E-state index in [1.165, 1.54) is 0 Å². The fourth-order valence-electron chi connectivity index (χ4n) is 2.48. The summed E-state index contributed by atoms with van der Waals surface area (Å²) in [5.74, 6) is 0.570. The maximum Gasteiger partial charge on any atom is 0.303 e. The zero-order valence-electron chi connectivity index (χ0n) is 13.8. The van der Waals surface area contributed by atoms with Crippen LogP contribution in [0.3, 0.4) is 0 Å². The molecule has 0 radical (unpaired) electrons. The third kappa shape index (κ3) is 5.30. The second-order valence-electron chi connectivity index (χ2n) is 5.68. The Bertz CT molecular complexity index is 624. The molecule has 0 spiro atoms. The maximum absolute atomic E-state index is 12.2. The summed E-state index contributed by atoms with van der Waals surface area (Å²) < 4.78 is 10.8. The van der Waals surface area contributed by atoms with Gasteiger partial charge in [0.1, 0.15) is 18.1 Å². The largest absolute Gasteiger partial charge is 0.497 e. The minimum atomic E-state index is -0.760. The molecule has 130 valence electrons. The molecule has 0 aromatic heterocycles. The average molecular weight is 333 g/mol. The number of hydrogen-bond donors (Lipinski definition) is 2. The second-order valence-corrected chi connectivity index (χ2v) is 5.68. The van der Waals surface area contributed by atoms with Gasteiger partial charge in [-0.1, -0.05) is 12.8 Å². The van der Waals surface area contributed by atoms with Crippen molar-refractivity contribution in [2.75, 3.05) is 20.3 Å². The lowest BCUT2D eigenvalue weighted by molar-refractivity contribution is -0.137. The second kappa shape index (κ2) is 8.96.